The third-order valence-corrected chi connectivity index (χ3v) is 1.44. The summed E-state index contributed by atoms with van der Waals surface area (Å²) in [4.78, 5) is 0. The van der Waals surface area contributed by atoms with Crippen LogP contribution in [0.2, 0.25) is 0 Å². The molecule has 0 aromatic carbocycles. The van der Waals surface area contributed by atoms with E-state index < -0.39 is 0 Å². The summed E-state index contributed by atoms with van der Waals surface area (Å²) in [5, 5.41) is 0. The molecule has 0 saturated carbocycles. The first-order valence-electron chi connectivity index (χ1n) is 3.41. The summed E-state index contributed by atoms with van der Waals surface area (Å²) in [6.45, 7) is 3.72. The van der Waals surface area contributed by atoms with Crippen molar-refractivity contribution in [2.45, 2.75) is 6.42 Å². The average Bonchev–Trinajstić information content (AvgIpc) is 2.31. The van der Waals surface area contributed by atoms with Crippen LogP contribution in [0.15, 0.2) is 24.4 Å². The predicted molar refractivity (Wildman–Crippen MR) is 44.4 cm³/mol. The Hall–Kier alpha value is -0.980. The lowest BCUT2D eigenvalue weighted by atomic mass is 10.3. The second-order valence-corrected chi connectivity index (χ2v) is 2.24. The van der Waals surface area contributed by atoms with Crippen molar-refractivity contribution in [2.75, 3.05) is 0 Å². The summed E-state index contributed by atoms with van der Waals surface area (Å²) >= 11 is 0. The fraction of sp³-hybridized carbons (Fsp3) is 0.222. The van der Waals surface area contributed by atoms with Gasteiger partial charge in [-0.2, -0.15) is 0 Å². The standard InChI is InChI=1S/C9H12N/c1-3-4-6-9-7-5-8-10(9)2/h4-8H,1,3H2,2H3. The van der Waals surface area contributed by atoms with Crippen LogP contribution < -0.4 is 0 Å². The van der Waals surface area contributed by atoms with Gasteiger partial charge in [-0.3, -0.25) is 0 Å². The number of hydrogen-bond donors (Lipinski definition) is 0. The van der Waals surface area contributed by atoms with Crippen LogP contribution in [0.25, 0.3) is 6.08 Å². The van der Waals surface area contributed by atoms with E-state index in [2.05, 4.69) is 29.7 Å². The second kappa shape index (κ2) is 3.25. The molecule has 0 fully saturated rings. The molecule has 0 aliphatic rings. The van der Waals surface area contributed by atoms with Gasteiger partial charge in [-0.1, -0.05) is 6.08 Å². The van der Waals surface area contributed by atoms with Crippen LogP contribution in [0.1, 0.15) is 12.1 Å². The first-order valence-corrected chi connectivity index (χ1v) is 3.41. The summed E-state index contributed by atoms with van der Waals surface area (Å²) in [5.41, 5.74) is 1.23. The Morgan fingerprint density at radius 2 is 2.50 bits per heavy atom. The molecule has 1 heteroatoms. The van der Waals surface area contributed by atoms with E-state index in [4.69, 9.17) is 0 Å². The van der Waals surface area contributed by atoms with Crippen molar-refractivity contribution in [3.63, 3.8) is 0 Å². The van der Waals surface area contributed by atoms with E-state index in [1.165, 1.54) is 5.69 Å². The molecule has 0 aliphatic carbocycles. The molecule has 0 unspecified atom stereocenters. The maximum absolute atomic E-state index is 3.72. The number of aryl methyl sites for hydroxylation is 1. The molecule has 1 nitrogen and oxygen atoms in total. The SMILES string of the molecule is [CH2]CC=Cc1cccn1C. The van der Waals surface area contributed by atoms with Gasteiger partial charge in [-0.15, -0.1) is 0 Å². The number of rotatable bonds is 2. The highest BCUT2D eigenvalue weighted by atomic mass is 14.9. The minimum absolute atomic E-state index is 0.852. The Morgan fingerprint density at radius 3 is 3.00 bits per heavy atom. The maximum Gasteiger partial charge on any atom is 0.0400 e. The largest absolute Gasteiger partial charge is 0.351 e. The molecule has 1 aromatic heterocycles. The first kappa shape index (κ1) is 7.13. The lowest BCUT2D eigenvalue weighted by Gasteiger charge is -1.93. The highest BCUT2D eigenvalue weighted by molar-refractivity contribution is 5.45. The average molecular weight is 134 g/mol. The molecule has 0 spiro atoms. The van der Waals surface area contributed by atoms with Crippen LogP contribution in [0.5, 0.6) is 0 Å². The summed E-state index contributed by atoms with van der Waals surface area (Å²) in [6, 6.07) is 4.11. The Kier molecular flexibility index (Phi) is 2.32. The number of aromatic nitrogens is 1. The van der Waals surface area contributed by atoms with Crippen molar-refractivity contribution < 1.29 is 0 Å². The minimum atomic E-state index is 0.852. The summed E-state index contributed by atoms with van der Waals surface area (Å²) in [6.07, 6.45) is 7.01. The molecular formula is C9H12N. The van der Waals surface area contributed by atoms with E-state index >= 15 is 0 Å². The molecule has 1 radical (unpaired) electrons. The van der Waals surface area contributed by atoms with Gasteiger partial charge in [-0.25, -0.2) is 0 Å². The van der Waals surface area contributed by atoms with Crippen molar-refractivity contribution in [1.29, 1.82) is 0 Å². The van der Waals surface area contributed by atoms with Gasteiger partial charge in [0.1, 0.15) is 0 Å². The van der Waals surface area contributed by atoms with E-state index in [-0.39, 0.29) is 0 Å². The molecule has 53 valence electrons. The minimum Gasteiger partial charge on any atom is -0.351 e. The van der Waals surface area contributed by atoms with E-state index in [0.717, 1.165) is 6.42 Å². The van der Waals surface area contributed by atoms with Gasteiger partial charge in [0.25, 0.3) is 0 Å². The first-order chi connectivity index (χ1) is 4.84. The fourth-order valence-electron chi connectivity index (χ4n) is 0.852. The zero-order valence-electron chi connectivity index (χ0n) is 6.25. The second-order valence-electron chi connectivity index (χ2n) is 2.24. The molecule has 0 atom stereocenters. The van der Waals surface area contributed by atoms with Gasteiger partial charge in [0, 0.05) is 18.9 Å². The van der Waals surface area contributed by atoms with Gasteiger partial charge in [-0.05, 0) is 31.6 Å². The van der Waals surface area contributed by atoms with Crippen molar-refractivity contribution in [1.82, 2.24) is 4.57 Å². The van der Waals surface area contributed by atoms with E-state index in [1.807, 2.05) is 19.3 Å². The zero-order valence-corrected chi connectivity index (χ0v) is 6.25. The van der Waals surface area contributed by atoms with Gasteiger partial charge < -0.3 is 4.57 Å². The van der Waals surface area contributed by atoms with E-state index in [0.29, 0.717) is 0 Å². The lowest BCUT2D eigenvalue weighted by Crippen LogP contribution is -1.86. The number of hydrogen-bond acceptors (Lipinski definition) is 0. The molecule has 1 aromatic rings. The Balaban J connectivity index is 2.74. The molecule has 1 heterocycles. The fourth-order valence-corrected chi connectivity index (χ4v) is 0.852. The van der Waals surface area contributed by atoms with Gasteiger partial charge >= 0.3 is 0 Å². The normalized spacial score (nSPS) is 11.0. The lowest BCUT2D eigenvalue weighted by molar-refractivity contribution is 0.914. The van der Waals surface area contributed by atoms with Crippen LogP contribution in [-0.2, 0) is 7.05 Å². The smallest absolute Gasteiger partial charge is 0.0400 e. The van der Waals surface area contributed by atoms with E-state index in [1.54, 1.807) is 0 Å². The monoisotopic (exact) mass is 134 g/mol. The Bertz CT molecular complexity index is 220. The highest BCUT2D eigenvalue weighted by Crippen LogP contribution is 2.01. The topological polar surface area (TPSA) is 4.93 Å². The maximum atomic E-state index is 3.72. The number of nitrogens with zero attached hydrogens (tertiary/aromatic N) is 1. The summed E-state index contributed by atoms with van der Waals surface area (Å²) in [5.74, 6) is 0. The van der Waals surface area contributed by atoms with Gasteiger partial charge in [0.2, 0.25) is 0 Å². The van der Waals surface area contributed by atoms with Gasteiger partial charge in [0.15, 0.2) is 0 Å². The van der Waals surface area contributed by atoms with Crippen molar-refractivity contribution in [3.05, 3.63) is 37.0 Å². The van der Waals surface area contributed by atoms with Crippen LogP contribution in [0.3, 0.4) is 0 Å². The number of allylic oxidation sites excluding steroid dienone is 1. The molecule has 0 amide bonds. The molecule has 10 heavy (non-hydrogen) atoms. The Morgan fingerprint density at radius 1 is 1.70 bits per heavy atom. The summed E-state index contributed by atoms with van der Waals surface area (Å²) in [7, 11) is 2.03. The molecule has 0 N–H and O–H groups in total. The molecule has 0 bridgehead atoms. The van der Waals surface area contributed by atoms with Crippen molar-refractivity contribution in [3.8, 4) is 0 Å². The molecular weight excluding hydrogens is 122 g/mol. The third-order valence-electron chi connectivity index (χ3n) is 1.44. The van der Waals surface area contributed by atoms with Crippen LogP contribution >= 0.6 is 0 Å². The predicted octanol–water partition coefficient (Wildman–Crippen LogP) is 2.26. The summed E-state index contributed by atoms with van der Waals surface area (Å²) < 4.78 is 2.08. The molecule has 0 saturated heterocycles. The van der Waals surface area contributed by atoms with Crippen molar-refractivity contribution in [2.24, 2.45) is 7.05 Å². The molecule has 1 rings (SSSR count). The van der Waals surface area contributed by atoms with E-state index in [9.17, 15) is 0 Å². The van der Waals surface area contributed by atoms with Gasteiger partial charge in [0.05, 0.1) is 0 Å². The Labute approximate surface area is 62.0 Å². The quantitative estimate of drug-likeness (QED) is 0.584. The zero-order chi connectivity index (χ0) is 7.40. The van der Waals surface area contributed by atoms with Crippen LogP contribution in [0, 0.1) is 6.92 Å². The van der Waals surface area contributed by atoms with Crippen LogP contribution in [-0.4, -0.2) is 4.57 Å². The van der Waals surface area contributed by atoms with Crippen LogP contribution in [0.4, 0.5) is 0 Å². The third kappa shape index (κ3) is 1.50. The molecule has 0 aliphatic heterocycles. The van der Waals surface area contributed by atoms with Crippen molar-refractivity contribution >= 4 is 6.08 Å². The highest BCUT2D eigenvalue weighted by Gasteiger charge is 1.87.